The number of amides is 1. The number of anilines is 1. The molecule has 1 aromatic rings. The summed E-state index contributed by atoms with van der Waals surface area (Å²) in [6, 6.07) is 7.40. The predicted molar refractivity (Wildman–Crippen MR) is 91.8 cm³/mol. The summed E-state index contributed by atoms with van der Waals surface area (Å²) in [4.78, 5) is 14.3. The Bertz CT molecular complexity index is 488. The zero-order valence-corrected chi connectivity index (χ0v) is 14.2. The van der Waals surface area contributed by atoms with Crippen molar-refractivity contribution in [3.05, 3.63) is 29.3 Å². The Labute approximate surface area is 142 Å². The molecule has 7 heteroatoms. The van der Waals surface area contributed by atoms with Crippen molar-refractivity contribution < 1.29 is 9.53 Å². The van der Waals surface area contributed by atoms with E-state index in [0.29, 0.717) is 23.8 Å². The zero-order chi connectivity index (χ0) is 15.2. The lowest BCUT2D eigenvalue weighted by Gasteiger charge is -2.37. The number of carbonyl (C=O) groups is 1. The van der Waals surface area contributed by atoms with E-state index < -0.39 is 0 Å². The molecule has 0 aliphatic carbocycles. The highest BCUT2D eigenvalue weighted by atomic mass is 35.5. The monoisotopic (exact) mass is 347 g/mol. The number of rotatable bonds is 5. The number of methoxy groups -OCH3 is 1. The van der Waals surface area contributed by atoms with Crippen LogP contribution in [0.15, 0.2) is 24.3 Å². The van der Waals surface area contributed by atoms with Crippen molar-refractivity contribution in [1.29, 1.82) is 0 Å². The molecule has 1 aromatic carbocycles. The Kier molecular flexibility index (Phi) is 8.14. The van der Waals surface area contributed by atoms with Gasteiger partial charge in [0.15, 0.2) is 0 Å². The lowest BCUT2D eigenvalue weighted by molar-refractivity contribution is -0.118. The average Bonchev–Trinajstić information content (AvgIpc) is 2.50. The number of likely N-dealkylation sites (tertiary alicyclic amines) is 1. The molecule has 3 N–H and O–H groups in total. The van der Waals surface area contributed by atoms with E-state index in [1.807, 2.05) is 12.1 Å². The third-order valence-electron chi connectivity index (χ3n) is 3.89. The summed E-state index contributed by atoms with van der Waals surface area (Å²) in [6.07, 6.45) is 2.03. The minimum absolute atomic E-state index is 0. The predicted octanol–water partition coefficient (Wildman–Crippen LogP) is 2.14. The molecule has 0 aromatic heterocycles. The summed E-state index contributed by atoms with van der Waals surface area (Å²) >= 11 is 6.04. The molecule has 1 saturated heterocycles. The minimum Gasteiger partial charge on any atom is -0.381 e. The van der Waals surface area contributed by atoms with Crippen molar-refractivity contribution in [2.75, 3.05) is 32.1 Å². The van der Waals surface area contributed by atoms with E-state index >= 15 is 0 Å². The maximum absolute atomic E-state index is 12.2. The van der Waals surface area contributed by atoms with Crippen molar-refractivity contribution in [1.82, 2.24) is 4.90 Å². The lowest BCUT2D eigenvalue weighted by Crippen LogP contribution is -2.50. The fourth-order valence-corrected chi connectivity index (χ4v) is 2.85. The van der Waals surface area contributed by atoms with Gasteiger partial charge >= 0.3 is 0 Å². The second kappa shape index (κ2) is 9.33. The van der Waals surface area contributed by atoms with Crippen LogP contribution in [0.1, 0.15) is 12.8 Å². The Morgan fingerprint density at radius 2 is 2.23 bits per heavy atom. The van der Waals surface area contributed by atoms with Crippen LogP contribution in [0.2, 0.25) is 5.02 Å². The van der Waals surface area contributed by atoms with Gasteiger partial charge in [0.2, 0.25) is 5.91 Å². The van der Waals surface area contributed by atoms with Gasteiger partial charge in [-0.3, -0.25) is 9.69 Å². The van der Waals surface area contributed by atoms with E-state index in [4.69, 9.17) is 22.1 Å². The molecule has 2 rings (SSSR count). The summed E-state index contributed by atoms with van der Waals surface area (Å²) in [6.45, 7) is 1.67. The highest BCUT2D eigenvalue weighted by molar-refractivity contribution is 6.33. The van der Waals surface area contributed by atoms with Crippen LogP contribution in [0, 0.1) is 0 Å². The van der Waals surface area contributed by atoms with E-state index in [1.54, 1.807) is 19.2 Å². The van der Waals surface area contributed by atoms with E-state index in [0.717, 1.165) is 19.4 Å². The number of benzene rings is 1. The van der Waals surface area contributed by atoms with Crippen molar-refractivity contribution in [2.45, 2.75) is 25.0 Å². The van der Waals surface area contributed by atoms with Gasteiger partial charge in [0, 0.05) is 26.2 Å². The summed E-state index contributed by atoms with van der Waals surface area (Å²) in [5.41, 5.74) is 6.45. The standard InChI is InChI=1S/C15H22ClN3O2.ClH/c1-21-12-6-7-19(11(8-12)9-17)10-15(20)18-14-5-3-2-4-13(14)16;/h2-5,11-12H,6-10,17H2,1H3,(H,18,20);1H. The Hall–Kier alpha value is -0.850. The number of ether oxygens (including phenoxy) is 1. The fourth-order valence-electron chi connectivity index (χ4n) is 2.67. The Morgan fingerprint density at radius 3 is 2.86 bits per heavy atom. The van der Waals surface area contributed by atoms with Crippen LogP contribution < -0.4 is 11.1 Å². The van der Waals surface area contributed by atoms with Gasteiger partial charge in [0.05, 0.1) is 23.4 Å². The first-order chi connectivity index (χ1) is 10.1. The topological polar surface area (TPSA) is 67.6 Å². The maximum atomic E-state index is 12.2. The average molecular weight is 348 g/mol. The molecule has 1 aliphatic heterocycles. The van der Waals surface area contributed by atoms with Crippen LogP contribution in [0.25, 0.3) is 0 Å². The lowest BCUT2D eigenvalue weighted by atomic mass is 9.99. The van der Waals surface area contributed by atoms with E-state index in [-0.39, 0.29) is 30.5 Å². The van der Waals surface area contributed by atoms with Crippen LogP contribution in [0.4, 0.5) is 5.69 Å². The Morgan fingerprint density at radius 1 is 1.50 bits per heavy atom. The zero-order valence-electron chi connectivity index (χ0n) is 12.6. The molecule has 1 heterocycles. The first-order valence-electron chi connectivity index (χ1n) is 7.15. The Balaban J connectivity index is 0.00000242. The summed E-state index contributed by atoms with van der Waals surface area (Å²) < 4.78 is 5.39. The molecule has 124 valence electrons. The number of nitrogens with one attached hydrogen (secondary N) is 1. The molecule has 2 atom stereocenters. The van der Waals surface area contributed by atoms with Crippen molar-refractivity contribution in [3.63, 3.8) is 0 Å². The van der Waals surface area contributed by atoms with Gasteiger partial charge in [0.25, 0.3) is 0 Å². The molecule has 0 bridgehead atoms. The molecule has 2 unspecified atom stereocenters. The molecule has 1 amide bonds. The van der Waals surface area contributed by atoms with Gasteiger partial charge in [-0.1, -0.05) is 23.7 Å². The molecule has 0 radical (unpaired) electrons. The van der Waals surface area contributed by atoms with Gasteiger partial charge in [-0.2, -0.15) is 0 Å². The van der Waals surface area contributed by atoms with Crippen LogP contribution >= 0.6 is 24.0 Å². The van der Waals surface area contributed by atoms with Crippen LogP contribution in [0.5, 0.6) is 0 Å². The maximum Gasteiger partial charge on any atom is 0.238 e. The number of hydrogen-bond donors (Lipinski definition) is 2. The molecule has 1 aliphatic rings. The van der Waals surface area contributed by atoms with Gasteiger partial charge < -0.3 is 15.8 Å². The number of nitrogens with zero attached hydrogens (tertiary/aromatic N) is 1. The normalized spacial score (nSPS) is 22.0. The summed E-state index contributed by atoms with van der Waals surface area (Å²) in [7, 11) is 1.72. The van der Waals surface area contributed by atoms with Crippen LogP contribution in [0.3, 0.4) is 0 Å². The van der Waals surface area contributed by atoms with E-state index in [9.17, 15) is 4.79 Å². The van der Waals surface area contributed by atoms with Crippen LogP contribution in [-0.4, -0.2) is 49.7 Å². The number of hydrogen-bond acceptors (Lipinski definition) is 4. The SMILES string of the molecule is COC1CCN(CC(=O)Nc2ccccc2Cl)C(CN)C1.Cl. The van der Waals surface area contributed by atoms with Crippen molar-refractivity contribution in [3.8, 4) is 0 Å². The molecular formula is C15H23Cl2N3O2. The highest BCUT2D eigenvalue weighted by Gasteiger charge is 2.28. The molecule has 5 nitrogen and oxygen atoms in total. The minimum atomic E-state index is -0.0718. The molecule has 0 saturated carbocycles. The second-order valence-electron chi connectivity index (χ2n) is 5.27. The number of halogens is 2. The van der Waals surface area contributed by atoms with Crippen molar-refractivity contribution >= 4 is 35.6 Å². The van der Waals surface area contributed by atoms with Crippen LogP contribution in [-0.2, 0) is 9.53 Å². The third kappa shape index (κ3) is 5.11. The molecule has 1 fully saturated rings. The first-order valence-corrected chi connectivity index (χ1v) is 7.53. The van der Waals surface area contributed by atoms with Crippen molar-refractivity contribution in [2.24, 2.45) is 5.73 Å². The van der Waals surface area contributed by atoms with E-state index in [1.165, 1.54) is 0 Å². The fraction of sp³-hybridized carbons (Fsp3) is 0.533. The quantitative estimate of drug-likeness (QED) is 0.856. The molecule has 22 heavy (non-hydrogen) atoms. The summed E-state index contributed by atoms with van der Waals surface area (Å²) in [5.74, 6) is -0.0718. The van der Waals surface area contributed by atoms with Gasteiger partial charge in [-0.05, 0) is 25.0 Å². The van der Waals surface area contributed by atoms with Gasteiger partial charge in [-0.25, -0.2) is 0 Å². The number of para-hydroxylation sites is 1. The molecular weight excluding hydrogens is 325 g/mol. The highest BCUT2D eigenvalue weighted by Crippen LogP contribution is 2.22. The number of piperidine rings is 1. The number of nitrogens with two attached hydrogens (primary N) is 1. The summed E-state index contributed by atoms with van der Waals surface area (Å²) in [5, 5.41) is 3.38. The largest absolute Gasteiger partial charge is 0.381 e. The number of carbonyl (C=O) groups excluding carboxylic acids is 1. The molecule has 0 spiro atoms. The first kappa shape index (κ1) is 19.2. The third-order valence-corrected chi connectivity index (χ3v) is 4.22. The van der Waals surface area contributed by atoms with E-state index in [2.05, 4.69) is 10.2 Å². The second-order valence-corrected chi connectivity index (χ2v) is 5.68. The van der Waals surface area contributed by atoms with Gasteiger partial charge in [0.1, 0.15) is 0 Å². The van der Waals surface area contributed by atoms with Gasteiger partial charge in [-0.15, -0.1) is 12.4 Å². The smallest absolute Gasteiger partial charge is 0.238 e.